The van der Waals surface area contributed by atoms with Crippen molar-refractivity contribution < 1.29 is 9.59 Å². The molecule has 0 saturated carbocycles. The maximum Gasteiger partial charge on any atom is 0.273 e. The number of rotatable bonds is 2. The Balaban J connectivity index is 1.71. The smallest absolute Gasteiger partial charge is 0.273 e. The predicted octanol–water partition coefficient (Wildman–Crippen LogP) is 2.94. The molecular formula is C21H19N3O2. The average Bonchev–Trinajstić information content (AvgIpc) is 2.89. The van der Waals surface area contributed by atoms with Gasteiger partial charge in [-0.2, -0.15) is 0 Å². The fourth-order valence-electron chi connectivity index (χ4n) is 3.38. The molecule has 1 atom stereocenters. The fraction of sp³-hybridized carbons (Fsp3) is 0.190. The molecule has 2 aromatic carbocycles. The van der Waals surface area contributed by atoms with Crippen molar-refractivity contribution in [1.82, 2.24) is 15.2 Å². The minimum atomic E-state index is -0.292. The van der Waals surface area contributed by atoms with Crippen molar-refractivity contribution in [2.75, 3.05) is 13.1 Å². The van der Waals surface area contributed by atoms with Crippen LogP contribution in [0.25, 0.3) is 10.9 Å². The van der Waals surface area contributed by atoms with Gasteiger partial charge in [-0.25, -0.2) is 4.98 Å². The largest absolute Gasteiger partial charge is 0.354 e. The van der Waals surface area contributed by atoms with Gasteiger partial charge in [-0.15, -0.1) is 0 Å². The molecule has 26 heavy (non-hydrogen) atoms. The number of carbonyl (C=O) groups is 2. The highest BCUT2D eigenvalue weighted by Gasteiger charge is 2.30. The van der Waals surface area contributed by atoms with Gasteiger partial charge >= 0.3 is 0 Å². The van der Waals surface area contributed by atoms with Crippen LogP contribution in [0, 0.1) is 0 Å². The summed E-state index contributed by atoms with van der Waals surface area (Å²) in [6, 6.07) is 20.8. The van der Waals surface area contributed by atoms with Gasteiger partial charge in [0.25, 0.3) is 5.91 Å². The van der Waals surface area contributed by atoms with Crippen LogP contribution in [-0.2, 0) is 4.79 Å². The zero-order chi connectivity index (χ0) is 17.9. The third-order valence-corrected chi connectivity index (χ3v) is 4.69. The molecule has 1 aliphatic rings. The Hall–Kier alpha value is -3.21. The van der Waals surface area contributed by atoms with E-state index in [9.17, 15) is 9.59 Å². The second kappa shape index (κ2) is 6.96. The molecule has 1 saturated heterocycles. The highest BCUT2D eigenvalue weighted by atomic mass is 16.2. The fourth-order valence-corrected chi connectivity index (χ4v) is 3.38. The van der Waals surface area contributed by atoms with Gasteiger partial charge in [0.05, 0.1) is 18.0 Å². The van der Waals surface area contributed by atoms with Gasteiger partial charge in [0.1, 0.15) is 5.69 Å². The molecule has 1 aliphatic heterocycles. The summed E-state index contributed by atoms with van der Waals surface area (Å²) in [5, 5.41) is 3.85. The van der Waals surface area contributed by atoms with E-state index >= 15 is 0 Å². The van der Waals surface area contributed by atoms with Crippen molar-refractivity contribution in [3.05, 3.63) is 78.0 Å². The minimum absolute atomic E-state index is 0.0411. The molecule has 4 rings (SSSR count). The molecule has 5 nitrogen and oxygen atoms in total. The van der Waals surface area contributed by atoms with Crippen LogP contribution >= 0.6 is 0 Å². The van der Waals surface area contributed by atoms with E-state index in [1.807, 2.05) is 60.7 Å². The Bertz CT molecular complexity index is 956. The number of amides is 2. The number of fused-ring (bicyclic) bond motifs is 1. The molecule has 1 fully saturated rings. The monoisotopic (exact) mass is 345 g/mol. The summed E-state index contributed by atoms with van der Waals surface area (Å²) in [5.74, 6) is -0.193. The maximum absolute atomic E-state index is 13.2. The second-order valence-corrected chi connectivity index (χ2v) is 6.37. The van der Waals surface area contributed by atoms with Crippen LogP contribution in [0.2, 0.25) is 0 Å². The summed E-state index contributed by atoms with van der Waals surface area (Å²) in [4.78, 5) is 31.6. The number of nitrogens with one attached hydrogen (secondary N) is 1. The van der Waals surface area contributed by atoms with E-state index in [0.717, 1.165) is 16.5 Å². The lowest BCUT2D eigenvalue weighted by Gasteiger charge is -2.29. The number of nitrogens with zero attached hydrogens (tertiary/aromatic N) is 2. The summed E-state index contributed by atoms with van der Waals surface area (Å²) in [6.45, 7) is 0.903. The molecule has 2 amide bonds. The number of pyridine rings is 1. The van der Waals surface area contributed by atoms with Gasteiger partial charge in [-0.3, -0.25) is 9.59 Å². The van der Waals surface area contributed by atoms with Crippen LogP contribution < -0.4 is 5.32 Å². The number of hydrogen-bond donors (Lipinski definition) is 1. The molecule has 5 heteroatoms. The molecule has 0 spiro atoms. The Kier molecular flexibility index (Phi) is 4.35. The van der Waals surface area contributed by atoms with Crippen LogP contribution in [0.15, 0.2) is 66.7 Å². The Morgan fingerprint density at radius 2 is 1.77 bits per heavy atom. The number of carbonyl (C=O) groups excluding carboxylic acids is 2. The molecule has 1 aromatic heterocycles. The van der Waals surface area contributed by atoms with E-state index in [1.54, 1.807) is 11.0 Å². The standard InChI is InChI=1S/C21H19N3O2/c25-20-14-19(16-7-2-1-3-8-16)24(13-12-22-20)21(26)18-11-10-15-6-4-5-9-17(15)23-18/h1-11,19H,12-14H2,(H,22,25)/t19-/m0/s1. The Morgan fingerprint density at radius 3 is 2.62 bits per heavy atom. The third-order valence-electron chi connectivity index (χ3n) is 4.69. The second-order valence-electron chi connectivity index (χ2n) is 6.37. The summed E-state index contributed by atoms with van der Waals surface area (Å²) in [7, 11) is 0. The van der Waals surface area contributed by atoms with Crippen molar-refractivity contribution in [3.63, 3.8) is 0 Å². The third kappa shape index (κ3) is 3.16. The van der Waals surface area contributed by atoms with Gasteiger partial charge in [-0.05, 0) is 17.7 Å². The number of hydrogen-bond acceptors (Lipinski definition) is 3. The van der Waals surface area contributed by atoms with Crippen LogP contribution in [0.3, 0.4) is 0 Å². The van der Waals surface area contributed by atoms with E-state index < -0.39 is 0 Å². The predicted molar refractivity (Wildman–Crippen MR) is 99.6 cm³/mol. The van der Waals surface area contributed by atoms with Gasteiger partial charge in [0, 0.05) is 18.5 Å². The maximum atomic E-state index is 13.2. The van der Waals surface area contributed by atoms with Gasteiger partial charge in [0.2, 0.25) is 5.91 Å². The summed E-state index contributed by atoms with van der Waals surface area (Å²) >= 11 is 0. The van der Waals surface area contributed by atoms with E-state index in [2.05, 4.69) is 10.3 Å². The molecule has 3 aromatic rings. The zero-order valence-corrected chi connectivity index (χ0v) is 14.3. The van der Waals surface area contributed by atoms with Crippen LogP contribution in [0.4, 0.5) is 0 Å². The SMILES string of the molecule is O=C1C[C@@H](c2ccccc2)N(C(=O)c2ccc3ccccc3n2)CCN1. The highest BCUT2D eigenvalue weighted by Crippen LogP contribution is 2.27. The van der Waals surface area contributed by atoms with Gasteiger partial charge in [-0.1, -0.05) is 54.6 Å². The first-order chi connectivity index (χ1) is 12.7. The first-order valence-electron chi connectivity index (χ1n) is 8.71. The Morgan fingerprint density at radius 1 is 1.00 bits per heavy atom. The summed E-state index contributed by atoms with van der Waals surface area (Å²) < 4.78 is 0. The molecule has 0 bridgehead atoms. The molecular weight excluding hydrogens is 326 g/mol. The average molecular weight is 345 g/mol. The number of benzene rings is 2. The van der Waals surface area contributed by atoms with E-state index in [0.29, 0.717) is 18.8 Å². The van der Waals surface area contributed by atoms with Crippen molar-refractivity contribution in [2.45, 2.75) is 12.5 Å². The molecule has 130 valence electrons. The number of aromatic nitrogens is 1. The van der Waals surface area contributed by atoms with Crippen LogP contribution in [0.5, 0.6) is 0 Å². The molecule has 0 radical (unpaired) electrons. The topological polar surface area (TPSA) is 62.3 Å². The lowest BCUT2D eigenvalue weighted by atomic mass is 10.0. The highest BCUT2D eigenvalue weighted by molar-refractivity contribution is 5.95. The van der Waals surface area contributed by atoms with Crippen LogP contribution in [0.1, 0.15) is 28.5 Å². The first kappa shape index (κ1) is 16.3. The van der Waals surface area contributed by atoms with E-state index in [-0.39, 0.29) is 24.3 Å². The number of para-hydroxylation sites is 1. The van der Waals surface area contributed by atoms with Gasteiger partial charge < -0.3 is 10.2 Å². The zero-order valence-electron chi connectivity index (χ0n) is 14.3. The summed E-state index contributed by atoms with van der Waals surface area (Å²) in [5.41, 5.74) is 2.15. The molecule has 1 N–H and O–H groups in total. The normalized spacial score (nSPS) is 17.6. The van der Waals surface area contributed by atoms with Crippen molar-refractivity contribution in [3.8, 4) is 0 Å². The van der Waals surface area contributed by atoms with E-state index in [1.165, 1.54) is 0 Å². The first-order valence-corrected chi connectivity index (χ1v) is 8.71. The quantitative estimate of drug-likeness (QED) is 0.777. The Labute approximate surface area is 151 Å². The van der Waals surface area contributed by atoms with E-state index in [4.69, 9.17) is 0 Å². The lowest BCUT2D eigenvalue weighted by Crippen LogP contribution is -2.37. The van der Waals surface area contributed by atoms with Crippen molar-refractivity contribution in [1.29, 1.82) is 0 Å². The molecule has 2 heterocycles. The lowest BCUT2D eigenvalue weighted by molar-refractivity contribution is -0.121. The molecule has 0 aliphatic carbocycles. The van der Waals surface area contributed by atoms with Crippen molar-refractivity contribution >= 4 is 22.7 Å². The van der Waals surface area contributed by atoms with Crippen LogP contribution in [-0.4, -0.2) is 34.8 Å². The summed E-state index contributed by atoms with van der Waals surface area (Å²) in [6.07, 6.45) is 0.253. The minimum Gasteiger partial charge on any atom is -0.354 e. The molecule has 0 unspecified atom stereocenters. The van der Waals surface area contributed by atoms with Gasteiger partial charge in [0.15, 0.2) is 0 Å². The van der Waals surface area contributed by atoms with Crippen molar-refractivity contribution in [2.24, 2.45) is 0 Å².